The molecule has 26 heavy (non-hydrogen) atoms. The van der Waals surface area contributed by atoms with Crippen LogP contribution in [-0.4, -0.2) is 49.2 Å². The molecule has 8 nitrogen and oxygen atoms in total. The van der Waals surface area contributed by atoms with E-state index in [0.29, 0.717) is 8.95 Å². The Morgan fingerprint density at radius 2 is 1.46 bits per heavy atom. The first-order chi connectivity index (χ1) is 12.1. The summed E-state index contributed by atoms with van der Waals surface area (Å²) in [6.07, 6.45) is 0. The normalized spacial score (nSPS) is 12.8. The second kappa shape index (κ2) is 9.67. The highest BCUT2D eigenvalue weighted by atomic mass is 79.9. The molecule has 0 aromatic heterocycles. The summed E-state index contributed by atoms with van der Waals surface area (Å²) in [5.74, 6) is -6.60. The van der Waals surface area contributed by atoms with Crippen LogP contribution >= 0.6 is 31.9 Å². The molecule has 142 valence electrons. The van der Waals surface area contributed by atoms with E-state index in [4.69, 9.17) is 0 Å². The molecule has 1 aromatic carbocycles. The van der Waals surface area contributed by atoms with E-state index in [1.165, 1.54) is 19.1 Å². The summed E-state index contributed by atoms with van der Waals surface area (Å²) in [5.41, 5.74) is 0.192. The van der Waals surface area contributed by atoms with Crippen LogP contribution in [0.25, 0.3) is 0 Å². The topological polar surface area (TPSA) is 119 Å². The molecule has 0 heterocycles. The first-order valence-corrected chi connectivity index (χ1v) is 8.86. The lowest BCUT2D eigenvalue weighted by molar-refractivity contribution is -0.162. The average Bonchev–Trinajstić information content (AvgIpc) is 2.57. The smallest absolute Gasteiger partial charge is 0.326 e. The Balaban J connectivity index is 3.13. The van der Waals surface area contributed by atoms with Gasteiger partial charge in [-0.1, -0.05) is 38.8 Å². The van der Waals surface area contributed by atoms with Crippen molar-refractivity contribution in [3.05, 3.63) is 32.7 Å². The minimum Gasteiger partial charge on any atom is -0.480 e. The number of amides is 1. The number of methoxy groups -OCH3 is 2. The van der Waals surface area contributed by atoms with Crippen molar-refractivity contribution in [3.8, 4) is 0 Å². The number of hydrogen-bond acceptors (Lipinski definition) is 6. The van der Waals surface area contributed by atoms with Crippen LogP contribution < -0.4 is 5.32 Å². The number of aliphatic carboxylic acids is 1. The average molecular weight is 495 g/mol. The Bertz CT molecular complexity index is 686. The number of hydrogen-bond donors (Lipinski definition) is 2. The standard InChI is InChI=1S/C16H17Br2NO7/c1-7(11(15(23)25-2)16(24)26-3)12(14(21)22)19-13(20)8-4-9(17)6-10(18)5-8/h4-7,11-12H,1-3H3,(H,19,20)(H,21,22)/t7-,12+/m0/s1. The van der Waals surface area contributed by atoms with Gasteiger partial charge in [0, 0.05) is 20.4 Å². The van der Waals surface area contributed by atoms with E-state index >= 15 is 0 Å². The first kappa shape index (κ1) is 22.1. The Morgan fingerprint density at radius 1 is 1.00 bits per heavy atom. The van der Waals surface area contributed by atoms with Gasteiger partial charge in [-0.3, -0.25) is 14.4 Å². The van der Waals surface area contributed by atoms with Crippen molar-refractivity contribution in [2.75, 3.05) is 14.2 Å². The number of carboxylic acid groups (broad SMARTS) is 1. The Kier molecular flexibility index (Phi) is 8.22. The summed E-state index contributed by atoms with van der Waals surface area (Å²) < 4.78 is 10.3. The largest absolute Gasteiger partial charge is 0.480 e. The number of ether oxygens (including phenoxy) is 2. The third-order valence-electron chi connectivity index (χ3n) is 3.64. The van der Waals surface area contributed by atoms with Gasteiger partial charge in [-0.05, 0) is 18.2 Å². The van der Waals surface area contributed by atoms with Crippen molar-refractivity contribution < 1.29 is 33.8 Å². The third-order valence-corrected chi connectivity index (χ3v) is 4.55. The Morgan fingerprint density at radius 3 is 1.85 bits per heavy atom. The zero-order valence-corrected chi connectivity index (χ0v) is 17.3. The quantitative estimate of drug-likeness (QED) is 0.439. The highest BCUT2D eigenvalue weighted by Crippen LogP contribution is 2.22. The Labute approximate surface area is 166 Å². The van der Waals surface area contributed by atoms with Gasteiger partial charge in [0.15, 0.2) is 5.92 Å². The minimum absolute atomic E-state index is 0.192. The highest BCUT2D eigenvalue weighted by molar-refractivity contribution is 9.11. The van der Waals surface area contributed by atoms with E-state index in [9.17, 15) is 24.3 Å². The second-order valence-corrected chi connectivity index (χ2v) is 7.16. The summed E-state index contributed by atoms with van der Waals surface area (Å²) in [7, 11) is 2.14. The van der Waals surface area contributed by atoms with Crippen LogP contribution in [0.5, 0.6) is 0 Å². The van der Waals surface area contributed by atoms with Crippen molar-refractivity contribution in [3.63, 3.8) is 0 Å². The number of rotatable bonds is 7. The molecular weight excluding hydrogens is 478 g/mol. The second-order valence-electron chi connectivity index (χ2n) is 5.33. The summed E-state index contributed by atoms with van der Waals surface area (Å²) in [4.78, 5) is 47.8. The third kappa shape index (κ3) is 5.53. The molecule has 0 unspecified atom stereocenters. The molecular formula is C16H17Br2NO7. The van der Waals surface area contributed by atoms with Gasteiger partial charge in [-0.15, -0.1) is 0 Å². The maximum Gasteiger partial charge on any atom is 0.326 e. The maximum absolute atomic E-state index is 12.4. The van der Waals surface area contributed by atoms with Gasteiger partial charge in [0.25, 0.3) is 5.91 Å². The van der Waals surface area contributed by atoms with Crippen LogP contribution in [0.3, 0.4) is 0 Å². The molecule has 0 radical (unpaired) electrons. The molecule has 0 saturated heterocycles. The predicted octanol–water partition coefficient (Wildman–Crippen LogP) is 1.99. The van der Waals surface area contributed by atoms with E-state index in [1.54, 1.807) is 6.07 Å². The molecule has 2 atom stereocenters. The van der Waals surface area contributed by atoms with Crippen molar-refractivity contribution in [1.82, 2.24) is 5.32 Å². The molecule has 1 aromatic rings. The van der Waals surface area contributed by atoms with Crippen LogP contribution in [0.2, 0.25) is 0 Å². The molecule has 0 aliphatic carbocycles. The van der Waals surface area contributed by atoms with Crippen LogP contribution in [0.1, 0.15) is 17.3 Å². The van der Waals surface area contributed by atoms with Gasteiger partial charge in [0.1, 0.15) is 6.04 Å². The molecule has 0 aliphatic heterocycles. The number of esters is 2. The van der Waals surface area contributed by atoms with E-state index in [1.807, 2.05) is 0 Å². The number of carbonyl (C=O) groups excluding carboxylic acids is 3. The van der Waals surface area contributed by atoms with Crippen molar-refractivity contribution in [1.29, 1.82) is 0 Å². The van der Waals surface area contributed by atoms with Gasteiger partial charge in [-0.25, -0.2) is 4.79 Å². The van der Waals surface area contributed by atoms with Gasteiger partial charge in [0.2, 0.25) is 0 Å². The van der Waals surface area contributed by atoms with E-state index in [2.05, 4.69) is 46.7 Å². The lowest BCUT2D eigenvalue weighted by Crippen LogP contribution is -2.50. The molecule has 0 bridgehead atoms. The molecule has 1 rings (SSSR count). The number of nitrogens with one attached hydrogen (secondary N) is 1. The van der Waals surface area contributed by atoms with E-state index < -0.39 is 41.7 Å². The van der Waals surface area contributed by atoms with Gasteiger partial charge in [0.05, 0.1) is 14.2 Å². The van der Waals surface area contributed by atoms with E-state index in [-0.39, 0.29) is 5.56 Å². The number of carbonyl (C=O) groups is 4. The predicted molar refractivity (Wildman–Crippen MR) is 97.4 cm³/mol. The fraction of sp³-hybridized carbons (Fsp3) is 0.375. The first-order valence-electron chi connectivity index (χ1n) is 7.27. The highest BCUT2D eigenvalue weighted by Gasteiger charge is 2.42. The molecule has 0 spiro atoms. The zero-order valence-electron chi connectivity index (χ0n) is 14.1. The molecule has 0 fully saturated rings. The van der Waals surface area contributed by atoms with Crippen LogP contribution in [0.15, 0.2) is 27.1 Å². The maximum atomic E-state index is 12.4. The SMILES string of the molecule is COC(=O)C(C(=O)OC)[C@H](C)[C@@H](NC(=O)c1cc(Br)cc(Br)c1)C(=O)O. The zero-order chi connectivity index (χ0) is 20.0. The fourth-order valence-corrected chi connectivity index (χ4v) is 3.59. The molecule has 1 amide bonds. The molecule has 10 heteroatoms. The van der Waals surface area contributed by atoms with Crippen molar-refractivity contribution in [2.24, 2.45) is 11.8 Å². The summed E-state index contributed by atoms with van der Waals surface area (Å²) in [5, 5.41) is 11.8. The van der Waals surface area contributed by atoms with Crippen LogP contribution in [0.4, 0.5) is 0 Å². The molecule has 0 saturated carbocycles. The summed E-state index contributed by atoms with van der Waals surface area (Å²) in [6.45, 7) is 1.34. The molecule has 0 aliphatic rings. The lowest BCUT2D eigenvalue weighted by atomic mass is 9.87. The Hall–Kier alpha value is -1.94. The van der Waals surface area contributed by atoms with E-state index in [0.717, 1.165) is 14.2 Å². The number of halogens is 2. The number of benzene rings is 1. The van der Waals surface area contributed by atoms with Crippen LogP contribution in [0, 0.1) is 11.8 Å². The van der Waals surface area contributed by atoms with Crippen molar-refractivity contribution in [2.45, 2.75) is 13.0 Å². The monoisotopic (exact) mass is 493 g/mol. The summed E-state index contributed by atoms with van der Waals surface area (Å²) >= 11 is 6.47. The van der Waals surface area contributed by atoms with Gasteiger partial charge in [-0.2, -0.15) is 0 Å². The van der Waals surface area contributed by atoms with Gasteiger partial charge < -0.3 is 19.9 Å². The van der Waals surface area contributed by atoms with Crippen LogP contribution in [-0.2, 0) is 23.9 Å². The minimum atomic E-state index is -1.52. The van der Waals surface area contributed by atoms with Gasteiger partial charge >= 0.3 is 17.9 Å². The number of carboxylic acids is 1. The lowest BCUT2D eigenvalue weighted by Gasteiger charge is -2.26. The molecule has 2 N–H and O–H groups in total. The van der Waals surface area contributed by atoms with Crippen molar-refractivity contribution >= 4 is 55.7 Å². The fourth-order valence-electron chi connectivity index (χ4n) is 2.30. The summed E-state index contributed by atoms with van der Waals surface area (Å²) in [6, 6.07) is 3.19.